The van der Waals surface area contributed by atoms with Gasteiger partial charge < -0.3 is 10.2 Å². The van der Waals surface area contributed by atoms with Gasteiger partial charge in [0.15, 0.2) is 0 Å². The monoisotopic (exact) mass is 398 g/mol. The molecular formula is C22H27ClN4O. The molecule has 2 fully saturated rings. The molecule has 148 valence electrons. The van der Waals surface area contributed by atoms with Crippen LogP contribution >= 0.6 is 11.6 Å². The minimum atomic E-state index is -0.0812. The van der Waals surface area contributed by atoms with Gasteiger partial charge in [-0.15, -0.1) is 0 Å². The summed E-state index contributed by atoms with van der Waals surface area (Å²) >= 11 is 5.89. The third-order valence-electron chi connectivity index (χ3n) is 5.53. The van der Waals surface area contributed by atoms with Gasteiger partial charge in [0.25, 0.3) is 5.91 Å². The van der Waals surface area contributed by atoms with Gasteiger partial charge in [-0.25, -0.2) is 4.98 Å². The number of nitrogens with zero attached hydrogens (tertiary/aromatic N) is 3. The highest BCUT2D eigenvalue weighted by Crippen LogP contribution is 2.30. The van der Waals surface area contributed by atoms with E-state index in [1.54, 1.807) is 6.20 Å². The molecule has 2 aliphatic rings. The summed E-state index contributed by atoms with van der Waals surface area (Å²) in [4.78, 5) is 21.7. The molecule has 2 aromatic rings. The van der Waals surface area contributed by atoms with Crippen LogP contribution in [0, 0.1) is 5.92 Å². The van der Waals surface area contributed by atoms with Crippen LogP contribution in [0.3, 0.4) is 0 Å². The summed E-state index contributed by atoms with van der Waals surface area (Å²) in [5.74, 6) is 1.83. The van der Waals surface area contributed by atoms with E-state index in [1.165, 1.54) is 19.4 Å². The van der Waals surface area contributed by atoms with Crippen molar-refractivity contribution in [3.63, 3.8) is 0 Å². The third-order valence-corrected chi connectivity index (χ3v) is 5.78. The zero-order valence-corrected chi connectivity index (χ0v) is 16.9. The van der Waals surface area contributed by atoms with Crippen LogP contribution in [-0.2, 0) is 6.42 Å². The van der Waals surface area contributed by atoms with Gasteiger partial charge in [-0.3, -0.25) is 9.69 Å². The van der Waals surface area contributed by atoms with Crippen molar-refractivity contribution in [3.8, 4) is 0 Å². The number of anilines is 1. The van der Waals surface area contributed by atoms with E-state index in [9.17, 15) is 4.79 Å². The van der Waals surface area contributed by atoms with E-state index in [2.05, 4.69) is 20.1 Å². The van der Waals surface area contributed by atoms with Crippen molar-refractivity contribution in [2.45, 2.75) is 19.3 Å². The molecule has 1 aromatic heterocycles. The highest BCUT2D eigenvalue weighted by atomic mass is 35.5. The van der Waals surface area contributed by atoms with Crippen molar-refractivity contribution >= 4 is 23.3 Å². The first-order valence-corrected chi connectivity index (χ1v) is 10.5. The minimum Gasteiger partial charge on any atom is -0.354 e. The van der Waals surface area contributed by atoms with Crippen LogP contribution in [0.15, 0.2) is 42.6 Å². The Bertz CT molecular complexity index is 781. The SMILES string of the molecule is O=C(NCCc1ccc(Cl)cc1)c1ccc(N2CCN(CC3CC3)CC2)nc1. The van der Waals surface area contributed by atoms with Crippen molar-refractivity contribution in [1.82, 2.24) is 15.2 Å². The maximum absolute atomic E-state index is 12.3. The molecule has 0 bridgehead atoms. The second-order valence-corrected chi connectivity index (χ2v) is 8.20. The van der Waals surface area contributed by atoms with Gasteiger partial charge >= 0.3 is 0 Å². The zero-order chi connectivity index (χ0) is 19.3. The Morgan fingerprint density at radius 3 is 2.46 bits per heavy atom. The Balaban J connectivity index is 1.23. The Morgan fingerprint density at radius 2 is 1.82 bits per heavy atom. The van der Waals surface area contributed by atoms with Crippen LogP contribution in [-0.4, -0.2) is 55.1 Å². The molecule has 0 atom stereocenters. The minimum absolute atomic E-state index is 0.0812. The number of carbonyl (C=O) groups is 1. The summed E-state index contributed by atoms with van der Waals surface area (Å²) in [6.07, 6.45) is 5.28. The van der Waals surface area contributed by atoms with Crippen LogP contribution in [0.4, 0.5) is 5.82 Å². The van der Waals surface area contributed by atoms with Gasteiger partial charge in [-0.2, -0.15) is 0 Å². The molecule has 1 saturated heterocycles. The number of amides is 1. The summed E-state index contributed by atoms with van der Waals surface area (Å²) in [6, 6.07) is 11.5. The van der Waals surface area contributed by atoms with E-state index in [-0.39, 0.29) is 5.91 Å². The molecule has 28 heavy (non-hydrogen) atoms. The van der Waals surface area contributed by atoms with Gasteiger partial charge in [0, 0.05) is 50.5 Å². The number of pyridine rings is 1. The van der Waals surface area contributed by atoms with Gasteiger partial charge in [0.05, 0.1) is 5.56 Å². The lowest BCUT2D eigenvalue weighted by molar-refractivity contribution is 0.0954. The van der Waals surface area contributed by atoms with Crippen LogP contribution in [0.5, 0.6) is 0 Å². The van der Waals surface area contributed by atoms with Crippen molar-refractivity contribution in [2.75, 3.05) is 44.2 Å². The molecule has 1 saturated carbocycles. The van der Waals surface area contributed by atoms with E-state index in [0.29, 0.717) is 12.1 Å². The molecule has 1 aliphatic carbocycles. The fourth-order valence-corrected chi connectivity index (χ4v) is 3.73. The number of carbonyl (C=O) groups excluding carboxylic acids is 1. The van der Waals surface area contributed by atoms with Gasteiger partial charge in [-0.1, -0.05) is 23.7 Å². The average Bonchev–Trinajstić information content (AvgIpc) is 3.54. The highest BCUT2D eigenvalue weighted by Gasteiger charge is 2.26. The molecule has 2 heterocycles. The van der Waals surface area contributed by atoms with Crippen molar-refractivity contribution in [2.24, 2.45) is 5.92 Å². The van der Waals surface area contributed by atoms with Crippen molar-refractivity contribution in [1.29, 1.82) is 0 Å². The molecule has 0 radical (unpaired) electrons. The summed E-state index contributed by atoms with van der Waals surface area (Å²) < 4.78 is 0. The fourth-order valence-electron chi connectivity index (χ4n) is 3.61. The van der Waals surface area contributed by atoms with Gasteiger partial charge in [0.1, 0.15) is 5.82 Å². The van der Waals surface area contributed by atoms with E-state index in [0.717, 1.165) is 54.9 Å². The Morgan fingerprint density at radius 1 is 1.07 bits per heavy atom. The van der Waals surface area contributed by atoms with Crippen LogP contribution in [0.1, 0.15) is 28.8 Å². The second-order valence-electron chi connectivity index (χ2n) is 7.77. The fraction of sp³-hybridized carbons (Fsp3) is 0.455. The Kier molecular flexibility index (Phi) is 6.13. The molecule has 1 N–H and O–H groups in total. The molecule has 5 nitrogen and oxygen atoms in total. The molecule has 1 amide bonds. The number of halogens is 1. The number of rotatable bonds is 7. The molecule has 1 aliphatic heterocycles. The maximum Gasteiger partial charge on any atom is 0.252 e. The molecule has 0 spiro atoms. The topological polar surface area (TPSA) is 48.5 Å². The molecular weight excluding hydrogens is 372 g/mol. The lowest BCUT2D eigenvalue weighted by atomic mass is 10.1. The van der Waals surface area contributed by atoms with Gasteiger partial charge in [0.2, 0.25) is 0 Å². The van der Waals surface area contributed by atoms with Crippen LogP contribution in [0.2, 0.25) is 5.02 Å². The predicted octanol–water partition coefficient (Wildman–Crippen LogP) is 3.24. The lowest BCUT2D eigenvalue weighted by Crippen LogP contribution is -2.47. The number of hydrogen-bond donors (Lipinski definition) is 1. The maximum atomic E-state index is 12.3. The molecule has 4 rings (SSSR count). The zero-order valence-electron chi connectivity index (χ0n) is 16.1. The lowest BCUT2D eigenvalue weighted by Gasteiger charge is -2.35. The first kappa shape index (κ1) is 19.2. The van der Waals surface area contributed by atoms with E-state index < -0.39 is 0 Å². The molecule has 6 heteroatoms. The van der Waals surface area contributed by atoms with Crippen molar-refractivity contribution in [3.05, 3.63) is 58.7 Å². The number of nitrogens with one attached hydrogen (secondary N) is 1. The first-order valence-electron chi connectivity index (χ1n) is 10.1. The van der Waals surface area contributed by atoms with E-state index in [4.69, 9.17) is 11.6 Å². The van der Waals surface area contributed by atoms with Crippen LogP contribution in [0.25, 0.3) is 0 Å². The summed E-state index contributed by atoms with van der Waals surface area (Å²) in [5, 5.41) is 3.68. The highest BCUT2D eigenvalue weighted by molar-refractivity contribution is 6.30. The smallest absolute Gasteiger partial charge is 0.252 e. The number of benzene rings is 1. The summed E-state index contributed by atoms with van der Waals surface area (Å²) in [5.41, 5.74) is 1.76. The van der Waals surface area contributed by atoms with Gasteiger partial charge in [-0.05, 0) is 55.0 Å². The Labute approximate surface area is 171 Å². The average molecular weight is 399 g/mol. The normalized spacial score (nSPS) is 17.5. The third kappa shape index (κ3) is 5.24. The second kappa shape index (κ2) is 8.93. The number of aromatic nitrogens is 1. The van der Waals surface area contributed by atoms with Crippen molar-refractivity contribution < 1.29 is 4.79 Å². The molecule has 1 aromatic carbocycles. The molecule has 0 unspecified atom stereocenters. The van der Waals surface area contributed by atoms with E-state index in [1.807, 2.05) is 36.4 Å². The summed E-state index contributed by atoms with van der Waals surface area (Å²) in [6.45, 7) is 6.07. The number of piperazine rings is 1. The standard InChI is InChI=1S/C22H27ClN4O/c23-20-6-3-17(4-7-20)9-10-24-22(28)19-5-8-21(25-15-19)27-13-11-26(12-14-27)16-18-1-2-18/h3-8,15,18H,1-2,9-14,16H2,(H,24,28). The summed E-state index contributed by atoms with van der Waals surface area (Å²) in [7, 11) is 0. The number of hydrogen-bond acceptors (Lipinski definition) is 4. The predicted molar refractivity (Wildman–Crippen MR) is 113 cm³/mol. The largest absolute Gasteiger partial charge is 0.354 e. The Hall–Kier alpha value is -2.11. The van der Waals surface area contributed by atoms with E-state index >= 15 is 0 Å². The first-order chi connectivity index (χ1) is 13.7. The van der Waals surface area contributed by atoms with Crippen LogP contribution < -0.4 is 10.2 Å². The quantitative estimate of drug-likeness (QED) is 0.777.